The number of amides is 1. The summed E-state index contributed by atoms with van der Waals surface area (Å²) in [7, 11) is 0. The molecule has 1 fully saturated rings. The fourth-order valence-electron chi connectivity index (χ4n) is 3.61. The second-order valence-electron chi connectivity index (χ2n) is 6.91. The quantitative estimate of drug-likeness (QED) is 0.718. The molecule has 2 unspecified atom stereocenters. The summed E-state index contributed by atoms with van der Waals surface area (Å²) in [4.78, 5) is 31.0. The smallest absolute Gasteiger partial charge is 0.339 e. The van der Waals surface area contributed by atoms with E-state index in [2.05, 4.69) is 4.98 Å². The Morgan fingerprint density at radius 1 is 1.34 bits per heavy atom. The van der Waals surface area contributed by atoms with Gasteiger partial charge >= 0.3 is 5.97 Å². The molecule has 2 aromatic rings. The lowest BCUT2D eigenvalue weighted by atomic mass is 10.0. The Morgan fingerprint density at radius 2 is 2.14 bits per heavy atom. The van der Waals surface area contributed by atoms with Crippen molar-refractivity contribution in [2.75, 3.05) is 19.8 Å². The molecular weight excluding hydrogens is 379 g/mol. The van der Waals surface area contributed by atoms with Crippen molar-refractivity contribution in [3.8, 4) is 5.75 Å². The Labute approximate surface area is 167 Å². The van der Waals surface area contributed by atoms with Crippen molar-refractivity contribution < 1.29 is 28.2 Å². The van der Waals surface area contributed by atoms with Crippen LogP contribution in [0.4, 0.5) is 4.39 Å². The molecule has 7 nitrogen and oxygen atoms in total. The highest BCUT2D eigenvalue weighted by atomic mass is 19.1. The molecule has 0 radical (unpaired) electrons. The highest BCUT2D eigenvalue weighted by Gasteiger charge is 2.40. The van der Waals surface area contributed by atoms with Gasteiger partial charge in [-0.05, 0) is 37.3 Å². The number of halogens is 1. The van der Waals surface area contributed by atoms with Crippen LogP contribution in [0.5, 0.6) is 5.75 Å². The van der Waals surface area contributed by atoms with E-state index in [0.717, 1.165) is 0 Å². The van der Waals surface area contributed by atoms with Gasteiger partial charge < -0.3 is 19.1 Å². The average Bonchev–Trinajstić information content (AvgIpc) is 3.06. The summed E-state index contributed by atoms with van der Waals surface area (Å²) in [5.41, 5.74) is 1.25. The number of carbonyl (C=O) groups is 2. The van der Waals surface area contributed by atoms with E-state index in [9.17, 15) is 14.0 Å². The summed E-state index contributed by atoms with van der Waals surface area (Å²) in [6.45, 7) is 3.13. The van der Waals surface area contributed by atoms with Gasteiger partial charge in [-0.25, -0.2) is 9.18 Å². The van der Waals surface area contributed by atoms with Crippen molar-refractivity contribution in [2.45, 2.75) is 32.0 Å². The molecule has 1 amide bonds. The van der Waals surface area contributed by atoms with E-state index >= 15 is 0 Å². The van der Waals surface area contributed by atoms with Crippen LogP contribution in [-0.2, 0) is 16.0 Å². The number of carbonyl (C=O) groups excluding carboxylic acids is 2. The third-order valence-electron chi connectivity index (χ3n) is 5.06. The van der Waals surface area contributed by atoms with E-state index in [0.29, 0.717) is 43.2 Å². The fourth-order valence-corrected chi connectivity index (χ4v) is 3.61. The molecule has 4 rings (SSSR count). The molecule has 3 heterocycles. The topological polar surface area (TPSA) is 78.0 Å². The van der Waals surface area contributed by atoms with E-state index < -0.39 is 5.97 Å². The summed E-state index contributed by atoms with van der Waals surface area (Å²) in [6.07, 6.45) is 1.73. The largest absolute Gasteiger partial charge is 0.488 e. The van der Waals surface area contributed by atoms with Crippen LogP contribution in [0.1, 0.15) is 39.8 Å². The summed E-state index contributed by atoms with van der Waals surface area (Å²) in [5, 5.41) is 0. The molecule has 152 valence electrons. The van der Waals surface area contributed by atoms with Crippen molar-refractivity contribution in [3.63, 3.8) is 0 Å². The van der Waals surface area contributed by atoms with E-state index in [1.165, 1.54) is 24.4 Å². The number of ether oxygens (including phenoxy) is 3. The van der Waals surface area contributed by atoms with Crippen molar-refractivity contribution in [1.29, 1.82) is 0 Å². The van der Waals surface area contributed by atoms with E-state index in [1.807, 2.05) is 0 Å². The van der Waals surface area contributed by atoms with Crippen LogP contribution in [-0.4, -0.2) is 53.7 Å². The molecule has 2 aliphatic rings. The molecule has 0 spiro atoms. The minimum Gasteiger partial charge on any atom is -0.488 e. The van der Waals surface area contributed by atoms with Crippen LogP contribution >= 0.6 is 0 Å². The first-order valence-electron chi connectivity index (χ1n) is 9.53. The normalized spacial score (nSPS) is 21.0. The summed E-state index contributed by atoms with van der Waals surface area (Å²) < 4.78 is 29.8. The number of hydrogen-bond donors (Lipinski definition) is 0. The fraction of sp³-hybridized carbons (Fsp3) is 0.381. The maximum Gasteiger partial charge on any atom is 0.339 e. The predicted molar refractivity (Wildman–Crippen MR) is 100 cm³/mol. The Balaban J connectivity index is 1.53. The third kappa shape index (κ3) is 3.93. The molecule has 0 aliphatic carbocycles. The Kier molecular flexibility index (Phi) is 5.44. The number of fused-ring (bicyclic) bond motifs is 1. The van der Waals surface area contributed by atoms with Crippen molar-refractivity contribution in [2.24, 2.45) is 0 Å². The van der Waals surface area contributed by atoms with Crippen molar-refractivity contribution in [3.05, 3.63) is 59.2 Å². The highest BCUT2D eigenvalue weighted by Crippen LogP contribution is 2.29. The van der Waals surface area contributed by atoms with Gasteiger partial charge in [-0.15, -0.1) is 0 Å². The minimum atomic E-state index is -0.507. The molecule has 0 saturated carbocycles. The number of nitrogens with zero attached hydrogens (tertiary/aromatic N) is 2. The molecular formula is C21H21FN2O5. The van der Waals surface area contributed by atoms with Crippen LogP contribution in [0.2, 0.25) is 0 Å². The number of benzene rings is 1. The molecule has 29 heavy (non-hydrogen) atoms. The minimum absolute atomic E-state index is 0.221. The van der Waals surface area contributed by atoms with E-state index in [-0.39, 0.29) is 36.0 Å². The maximum absolute atomic E-state index is 13.2. The van der Waals surface area contributed by atoms with Gasteiger partial charge in [0.1, 0.15) is 17.7 Å². The molecule has 2 atom stereocenters. The van der Waals surface area contributed by atoms with Crippen molar-refractivity contribution >= 4 is 11.9 Å². The van der Waals surface area contributed by atoms with Crippen molar-refractivity contribution in [1.82, 2.24) is 9.88 Å². The first-order chi connectivity index (χ1) is 14.1. The second-order valence-corrected chi connectivity index (χ2v) is 6.91. The van der Waals surface area contributed by atoms with E-state index in [1.54, 1.807) is 24.0 Å². The van der Waals surface area contributed by atoms with Gasteiger partial charge in [-0.1, -0.05) is 0 Å². The lowest BCUT2D eigenvalue weighted by molar-refractivity contribution is -0.0430. The zero-order chi connectivity index (χ0) is 20.4. The number of rotatable bonds is 5. The molecule has 1 aromatic heterocycles. The molecule has 2 aliphatic heterocycles. The van der Waals surface area contributed by atoms with Crippen LogP contribution in [0.15, 0.2) is 36.5 Å². The molecule has 8 heteroatoms. The van der Waals surface area contributed by atoms with Gasteiger partial charge in [0.2, 0.25) is 0 Å². The number of hydrogen-bond acceptors (Lipinski definition) is 6. The molecule has 0 bridgehead atoms. The highest BCUT2D eigenvalue weighted by molar-refractivity contribution is 6.00. The molecule has 1 saturated heterocycles. The average molecular weight is 400 g/mol. The SMILES string of the molecule is CCOC(=O)c1cnc2c(c1)C(=O)N(C1COCCC1Oc1ccc(F)cc1)C2. The monoisotopic (exact) mass is 400 g/mol. The zero-order valence-corrected chi connectivity index (χ0v) is 16.0. The van der Waals surface area contributed by atoms with Gasteiger partial charge in [0.25, 0.3) is 5.91 Å². The Hall–Kier alpha value is -3.00. The summed E-state index contributed by atoms with van der Waals surface area (Å²) in [6, 6.07) is 7.01. The van der Waals surface area contributed by atoms with E-state index in [4.69, 9.17) is 14.2 Å². The standard InChI is InChI=1S/C21H21FN2O5/c1-2-28-21(26)13-9-16-17(23-10-13)11-24(20(16)25)18-12-27-8-7-19(18)29-15-5-3-14(22)4-6-15/h3-6,9-10,18-19H,2,7-8,11-12H2,1H3. The Morgan fingerprint density at radius 3 is 2.90 bits per heavy atom. The Bertz CT molecular complexity index is 918. The van der Waals surface area contributed by atoms with Gasteiger partial charge in [0.15, 0.2) is 0 Å². The van der Waals surface area contributed by atoms with Gasteiger partial charge in [-0.3, -0.25) is 9.78 Å². The number of pyridine rings is 1. The lowest BCUT2D eigenvalue weighted by Gasteiger charge is -2.37. The molecule has 0 N–H and O–H groups in total. The van der Waals surface area contributed by atoms with Crippen LogP contribution in [0.25, 0.3) is 0 Å². The second kappa shape index (κ2) is 8.16. The van der Waals surface area contributed by atoms with Gasteiger partial charge in [0.05, 0.1) is 49.2 Å². The van der Waals surface area contributed by atoms with Gasteiger partial charge in [0, 0.05) is 12.6 Å². The number of esters is 1. The first kappa shape index (κ1) is 19.3. The third-order valence-corrected chi connectivity index (χ3v) is 5.06. The van der Waals surface area contributed by atoms with Gasteiger partial charge in [-0.2, -0.15) is 0 Å². The van der Waals surface area contributed by atoms with Crippen LogP contribution in [0.3, 0.4) is 0 Å². The lowest BCUT2D eigenvalue weighted by Crippen LogP contribution is -2.52. The summed E-state index contributed by atoms with van der Waals surface area (Å²) in [5.74, 6) is -0.529. The zero-order valence-electron chi connectivity index (χ0n) is 16.0. The predicted octanol–water partition coefficient (Wildman–Crippen LogP) is 2.59. The summed E-state index contributed by atoms with van der Waals surface area (Å²) >= 11 is 0. The maximum atomic E-state index is 13.2. The first-order valence-corrected chi connectivity index (χ1v) is 9.53. The molecule has 1 aromatic carbocycles. The van der Waals surface area contributed by atoms with Crippen LogP contribution < -0.4 is 4.74 Å². The number of aromatic nitrogens is 1. The van der Waals surface area contributed by atoms with Crippen LogP contribution in [0, 0.1) is 5.82 Å².